The van der Waals surface area contributed by atoms with Crippen LogP contribution in [-0.2, 0) is 31.9 Å². The maximum absolute atomic E-state index is 11.2. The van der Waals surface area contributed by atoms with Gasteiger partial charge < -0.3 is 79.5 Å². The second kappa shape index (κ2) is 22.5. The molecule has 0 bridgehead atoms. The van der Waals surface area contributed by atoms with Crippen molar-refractivity contribution in [2.45, 2.75) is 99.9 Å². The van der Waals surface area contributed by atoms with Crippen LogP contribution in [0.4, 0.5) is 0 Å². The summed E-state index contributed by atoms with van der Waals surface area (Å²) < 4.78 is 34.1. The number of hydrogen-bond acceptors (Lipinski definition) is 16. The first-order chi connectivity index (χ1) is 30.8. The summed E-state index contributed by atoms with van der Waals surface area (Å²) >= 11 is 0. The Hall–Kier alpha value is -5.38. The van der Waals surface area contributed by atoms with Gasteiger partial charge in [0.1, 0.15) is 71.8 Å². The number of aliphatic hydroxyl groups excluding tert-OH is 8. The second-order valence-electron chi connectivity index (χ2n) is 15.6. The maximum Gasteiger partial charge on any atom is 0.341 e. The summed E-state index contributed by atoms with van der Waals surface area (Å²) in [6.45, 7) is -2.36. The van der Waals surface area contributed by atoms with Crippen molar-refractivity contribution in [3.63, 3.8) is 0 Å². The van der Waals surface area contributed by atoms with E-state index in [1.54, 1.807) is 60.7 Å². The fourth-order valence-electron chi connectivity index (χ4n) is 7.51. The molecule has 10 N–H and O–H groups in total. The molecule has 4 aromatic carbocycles. The monoisotopic (exact) mass is 894 g/mol. The molecule has 2 saturated heterocycles. The van der Waals surface area contributed by atoms with E-state index in [0.717, 1.165) is 36.8 Å². The predicted molar refractivity (Wildman–Crippen MR) is 225 cm³/mol. The lowest BCUT2D eigenvalue weighted by molar-refractivity contribution is -0.277. The van der Waals surface area contributed by atoms with E-state index in [0.29, 0.717) is 46.6 Å². The average Bonchev–Trinajstić information content (AvgIpc) is 3.29. The SMILES string of the molecule is O=C(O)COc1cccc(-c2cc(CCCCCCc3ccc(O[C@H]4O[C@H](CO)[C@@H](O)[C@H](O)[C@@H]4O)c(-c4cccc(OCC(=O)O)c4)c3)ccc2O[C@H]2O[C@H](CO)[C@@H](O)[C@H](O)[C@@H]2O)c1. The second-order valence-corrected chi connectivity index (χ2v) is 15.6. The molecule has 0 aromatic heterocycles. The van der Waals surface area contributed by atoms with Crippen LogP contribution in [0.2, 0.25) is 0 Å². The summed E-state index contributed by atoms with van der Waals surface area (Å²) in [4.78, 5) is 22.3. The van der Waals surface area contributed by atoms with Gasteiger partial charge in [0.05, 0.1) is 13.2 Å². The highest BCUT2D eigenvalue weighted by Gasteiger charge is 2.46. The summed E-state index contributed by atoms with van der Waals surface area (Å²) in [6, 6.07) is 24.3. The maximum atomic E-state index is 11.2. The molecule has 0 unspecified atom stereocenters. The normalized spacial score (nSPS) is 25.6. The number of benzene rings is 4. The molecular formula is C46H54O18. The van der Waals surface area contributed by atoms with Crippen molar-refractivity contribution in [1.82, 2.24) is 0 Å². The van der Waals surface area contributed by atoms with E-state index < -0.39 is 99.8 Å². The van der Waals surface area contributed by atoms with E-state index in [4.69, 9.17) is 38.6 Å². The van der Waals surface area contributed by atoms with E-state index in [2.05, 4.69) is 0 Å². The minimum Gasteiger partial charge on any atom is -0.482 e. The smallest absolute Gasteiger partial charge is 0.341 e. The van der Waals surface area contributed by atoms with Crippen LogP contribution in [0.5, 0.6) is 23.0 Å². The minimum atomic E-state index is -1.64. The molecule has 0 aliphatic carbocycles. The molecule has 18 nitrogen and oxygen atoms in total. The molecule has 18 heteroatoms. The van der Waals surface area contributed by atoms with Crippen molar-refractivity contribution >= 4 is 11.9 Å². The molecule has 0 spiro atoms. The highest BCUT2D eigenvalue weighted by atomic mass is 16.7. The van der Waals surface area contributed by atoms with Gasteiger partial charge in [0.25, 0.3) is 0 Å². The van der Waals surface area contributed by atoms with E-state index in [1.807, 2.05) is 24.3 Å². The standard InChI is InChI=1S/C46H54O18/c47-21-35-39(53)41(55)43(57)45(63-35)61-33-15-13-25(17-31(33)27-9-5-11-29(19-27)59-23-37(49)50)7-3-1-2-4-8-26-14-16-34(62-46-44(58)42(56)40(54)36(22-48)64-46)32(18-26)28-10-6-12-30(20-28)60-24-38(51)52/h5-6,9-20,35-36,39-48,53-58H,1-4,7-8,21-24H2,(H,49,50)(H,51,52)/t35-,36-,39-,40-,41+,42+,43+,44+,45+,46+/m1/s1. The summed E-state index contributed by atoms with van der Waals surface area (Å²) in [5.74, 6) is -1.18. The van der Waals surface area contributed by atoms with Gasteiger partial charge in [0, 0.05) is 11.1 Å². The highest BCUT2D eigenvalue weighted by molar-refractivity contribution is 5.74. The Kier molecular flexibility index (Phi) is 16.9. The summed E-state index contributed by atoms with van der Waals surface area (Å²) in [5, 5.41) is 100. The van der Waals surface area contributed by atoms with Crippen LogP contribution in [0, 0.1) is 0 Å². The van der Waals surface area contributed by atoms with Gasteiger partial charge in [-0.15, -0.1) is 0 Å². The molecule has 0 saturated carbocycles. The number of rotatable bonds is 21. The van der Waals surface area contributed by atoms with Crippen molar-refractivity contribution in [3.8, 4) is 45.3 Å². The van der Waals surface area contributed by atoms with Gasteiger partial charge in [0.15, 0.2) is 13.2 Å². The molecule has 10 atom stereocenters. The molecule has 6 rings (SSSR count). The first kappa shape index (κ1) is 48.1. The van der Waals surface area contributed by atoms with E-state index in [-0.39, 0.29) is 11.5 Å². The van der Waals surface area contributed by atoms with Crippen LogP contribution in [0.25, 0.3) is 22.3 Å². The zero-order valence-electron chi connectivity index (χ0n) is 34.7. The Bertz CT molecular complexity index is 2010. The van der Waals surface area contributed by atoms with Gasteiger partial charge in [-0.2, -0.15) is 0 Å². The number of aryl methyl sites for hydroxylation is 2. The van der Waals surface area contributed by atoms with Crippen LogP contribution in [-0.4, -0.2) is 151 Å². The van der Waals surface area contributed by atoms with Gasteiger partial charge in [-0.1, -0.05) is 49.2 Å². The number of aliphatic carboxylic acids is 2. The number of hydrogen-bond donors (Lipinski definition) is 10. The van der Waals surface area contributed by atoms with Gasteiger partial charge in [-0.05, 0) is 96.5 Å². The molecule has 0 radical (unpaired) electrons. The van der Waals surface area contributed by atoms with Gasteiger partial charge in [-0.3, -0.25) is 0 Å². The molecule has 346 valence electrons. The fourth-order valence-corrected chi connectivity index (χ4v) is 7.51. The van der Waals surface area contributed by atoms with Crippen molar-refractivity contribution < 1.29 is 89.1 Å². The quantitative estimate of drug-likeness (QED) is 0.0532. The van der Waals surface area contributed by atoms with Crippen LogP contribution in [0.15, 0.2) is 84.9 Å². The summed E-state index contributed by atoms with van der Waals surface area (Å²) in [5.41, 5.74) is 4.22. The zero-order chi connectivity index (χ0) is 45.9. The van der Waals surface area contributed by atoms with Crippen LogP contribution in [0.1, 0.15) is 36.8 Å². The van der Waals surface area contributed by atoms with Crippen molar-refractivity contribution in [3.05, 3.63) is 96.1 Å². The third-order valence-corrected chi connectivity index (χ3v) is 11.0. The Labute approximate surface area is 368 Å². The topological polar surface area (TPSA) is 292 Å². The first-order valence-electron chi connectivity index (χ1n) is 20.9. The number of ether oxygens (including phenoxy) is 6. The molecule has 2 heterocycles. The predicted octanol–water partition coefficient (Wildman–Crippen LogP) is 1.65. The van der Waals surface area contributed by atoms with Crippen LogP contribution >= 0.6 is 0 Å². The summed E-state index contributed by atoms with van der Waals surface area (Å²) in [6.07, 6.45) is -10.2. The molecule has 64 heavy (non-hydrogen) atoms. The Morgan fingerprint density at radius 2 is 0.906 bits per heavy atom. The molecule has 4 aromatic rings. The minimum absolute atomic E-state index is 0.256. The van der Waals surface area contributed by atoms with Gasteiger partial charge in [0.2, 0.25) is 12.6 Å². The number of carboxylic acid groups (broad SMARTS) is 2. The summed E-state index contributed by atoms with van der Waals surface area (Å²) in [7, 11) is 0. The van der Waals surface area contributed by atoms with Crippen molar-refractivity contribution in [2.75, 3.05) is 26.4 Å². The lowest BCUT2D eigenvalue weighted by Gasteiger charge is -2.39. The van der Waals surface area contributed by atoms with E-state index in [1.165, 1.54) is 0 Å². The Morgan fingerprint density at radius 3 is 1.28 bits per heavy atom. The zero-order valence-corrected chi connectivity index (χ0v) is 34.7. The highest BCUT2D eigenvalue weighted by Crippen LogP contribution is 2.38. The number of unbranched alkanes of at least 4 members (excludes halogenated alkanes) is 3. The van der Waals surface area contributed by atoms with Crippen LogP contribution < -0.4 is 18.9 Å². The first-order valence-corrected chi connectivity index (χ1v) is 20.9. The molecule has 2 aliphatic rings. The lowest BCUT2D eigenvalue weighted by atomic mass is 9.96. The van der Waals surface area contributed by atoms with Crippen molar-refractivity contribution in [2.24, 2.45) is 0 Å². The number of carboxylic acids is 2. The van der Waals surface area contributed by atoms with Crippen molar-refractivity contribution in [1.29, 1.82) is 0 Å². The largest absolute Gasteiger partial charge is 0.482 e. The average molecular weight is 895 g/mol. The molecule has 2 fully saturated rings. The molecular weight excluding hydrogens is 840 g/mol. The third-order valence-electron chi connectivity index (χ3n) is 11.0. The van der Waals surface area contributed by atoms with Gasteiger partial charge >= 0.3 is 11.9 Å². The fraction of sp³-hybridized carbons (Fsp3) is 0.435. The Balaban J connectivity index is 1.13. The Morgan fingerprint density at radius 1 is 0.500 bits per heavy atom. The molecule has 2 aliphatic heterocycles. The lowest BCUT2D eigenvalue weighted by Crippen LogP contribution is -2.60. The van der Waals surface area contributed by atoms with Crippen LogP contribution in [0.3, 0.4) is 0 Å². The van der Waals surface area contributed by atoms with Gasteiger partial charge in [-0.25, -0.2) is 9.59 Å². The molecule has 0 amide bonds. The van der Waals surface area contributed by atoms with E-state index >= 15 is 0 Å². The van der Waals surface area contributed by atoms with E-state index in [9.17, 15) is 50.4 Å². The number of aliphatic hydroxyl groups is 8. The third kappa shape index (κ3) is 12.2. The number of carbonyl (C=O) groups is 2.